The van der Waals surface area contributed by atoms with Gasteiger partial charge in [-0.2, -0.15) is 0 Å². The fourth-order valence-electron chi connectivity index (χ4n) is 5.19. The summed E-state index contributed by atoms with van der Waals surface area (Å²) in [5.41, 5.74) is -1.77. The standard InChI is InChI=1S/C25H22FNO10/c26-15-3-1-14(2-4-15)17-7-8-27-25(18(17)12-32-16-5-6-19-20(9-16)34-13-33-19)35-21(28)10-24(31,23(30)36-25)11-22(29)37-27/h1-6,9,17-18,31H,7-8,10-13H2/t17-,18-,24?,25?/m0/s1. The number of carbonyl (C=O) groups is 3. The van der Waals surface area contributed by atoms with Crippen LogP contribution in [0.15, 0.2) is 42.5 Å². The third-order valence-corrected chi connectivity index (χ3v) is 6.98. The molecular weight excluding hydrogens is 493 g/mol. The number of esters is 2. The van der Waals surface area contributed by atoms with E-state index in [0.717, 1.165) is 5.06 Å². The van der Waals surface area contributed by atoms with E-state index < -0.39 is 59.9 Å². The third-order valence-electron chi connectivity index (χ3n) is 6.98. The first-order valence-electron chi connectivity index (χ1n) is 11.7. The van der Waals surface area contributed by atoms with Crippen LogP contribution >= 0.6 is 0 Å². The molecule has 0 aliphatic carbocycles. The summed E-state index contributed by atoms with van der Waals surface area (Å²) in [6.07, 6.45) is -1.20. The normalized spacial score (nSPS) is 30.8. The first-order chi connectivity index (χ1) is 17.8. The Labute approximate surface area is 209 Å². The van der Waals surface area contributed by atoms with Gasteiger partial charge in [-0.15, -0.1) is 0 Å². The monoisotopic (exact) mass is 515 g/mol. The van der Waals surface area contributed by atoms with E-state index in [0.29, 0.717) is 29.2 Å². The van der Waals surface area contributed by atoms with E-state index in [-0.39, 0.29) is 19.9 Å². The lowest BCUT2D eigenvalue weighted by Gasteiger charge is -2.50. The summed E-state index contributed by atoms with van der Waals surface area (Å²) in [4.78, 5) is 44.0. The molecule has 0 saturated carbocycles. The zero-order valence-electron chi connectivity index (χ0n) is 19.4. The van der Waals surface area contributed by atoms with Gasteiger partial charge in [-0.05, 0) is 36.2 Å². The van der Waals surface area contributed by atoms with Gasteiger partial charge in [0.05, 0.1) is 18.8 Å². The number of rotatable bonds is 4. The molecule has 4 aliphatic heterocycles. The lowest BCUT2D eigenvalue weighted by molar-refractivity contribution is -0.403. The third kappa shape index (κ3) is 4.02. The second-order valence-electron chi connectivity index (χ2n) is 9.32. The molecule has 2 bridgehead atoms. The van der Waals surface area contributed by atoms with Gasteiger partial charge in [0, 0.05) is 18.5 Å². The Morgan fingerprint density at radius 1 is 1.00 bits per heavy atom. The first kappa shape index (κ1) is 23.5. The van der Waals surface area contributed by atoms with Gasteiger partial charge in [0.1, 0.15) is 18.2 Å². The maximum atomic E-state index is 13.7. The maximum absolute atomic E-state index is 13.7. The molecule has 3 saturated heterocycles. The predicted molar refractivity (Wildman–Crippen MR) is 117 cm³/mol. The second kappa shape index (κ2) is 8.60. The molecule has 12 heteroatoms. The molecule has 6 rings (SSSR count). The number of nitrogens with zero attached hydrogens (tertiary/aromatic N) is 1. The Kier molecular flexibility index (Phi) is 5.46. The average Bonchev–Trinajstić information content (AvgIpc) is 3.30. The largest absolute Gasteiger partial charge is 0.493 e. The van der Waals surface area contributed by atoms with Gasteiger partial charge in [-0.3, -0.25) is 9.59 Å². The highest BCUT2D eigenvalue weighted by Gasteiger charge is 2.65. The summed E-state index contributed by atoms with van der Waals surface area (Å²) in [6, 6.07) is 10.7. The van der Waals surface area contributed by atoms with Gasteiger partial charge >= 0.3 is 23.8 Å². The first-order valence-corrected chi connectivity index (χ1v) is 11.7. The summed E-state index contributed by atoms with van der Waals surface area (Å²) in [7, 11) is 0. The second-order valence-corrected chi connectivity index (χ2v) is 9.32. The van der Waals surface area contributed by atoms with Crippen LogP contribution in [0.5, 0.6) is 17.2 Å². The molecule has 2 aromatic carbocycles. The summed E-state index contributed by atoms with van der Waals surface area (Å²) in [5.74, 6) is -5.76. The number of hydroxylamine groups is 2. The molecule has 3 fully saturated rings. The molecule has 4 aliphatic rings. The Balaban J connectivity index is 1.42. The highest BCUT2D eigenvalue weighted by Crippen LogP contribution is 2.48. The van der Waals surface area contributed by atoms with Crippen molar-refractivity contribution in [2.75, 3.05) is 19.9 Å². The van der Waals surface area contributed by atoms with Crippen LogP contribution in [0.3, 0.4) is 0 Å². The molecular formula is C25H22FNO10. The molecule has 2 unspecified atom stereocenters. The van der Waals surface area contributed by atoms with Crippen LogP contribution in [0.2, 0.25) is 0 Å². The van der Waals surface area contributed by atoms with Gasteiger partial charge < -0.3 is 33.6 Å². The van der Waals surface area contributed by atoms with Crippen LogP contribution in [0.4, 0.5) is 4.39 Å². The number of hydrogen-bond donors (Lipinski definition) is 1. The fraction of sp³-hybridized carbons (Fsp3) is 0.400. The number of halogens is 1. The lowest BCUT2D eigenvalue weighted by Crippen LogP contribution is -2.66. The average molecular weight is 515 g/mol. The number of ether oxygens (including phenoxy) is 5. The number of fused-ring (bicyclic) bond motifs is 3. The zero-order chi connectivity index (χ0) is 25.8. The van der Waals surface area contributed by atoms with Crippen molar-refractivity contribution in [3.05, 3.63) is 53.8 Å². The van der Waals surface area contributed by atoms with Crippen LogP contribution in [-0.4, -0.2) is 59.5 Å². The number of aliphatic hydroxyl groups is 1. The van der Waals surface area contributed by atoms with E-state index in [4.69, 9.17) is 28.5 Å². The summed E-state index contributed by atoms with van der Waals surface area (Å²) in [5, 5.41) is 11.8. The van der Waals surface area contributed by atoms with Crippen molar-refractivity contribution in [2.45, 2.75) is 36.7 Å². The van der Waals surface area contributed by atoms with Crippen LogP contribution in [0.25, 0.3) is 0 Å². The number of hydrogen-bond acceptors (Lipinski definition) is 11. The van der Waals surface area contributed by atoms with Crippen LogP contribution in [-0.2, 0) is 28.7 Å². The zero-order valence-corrected chi connectivity index (χ0v) is 19.4. The van der Waals surface area contributed by atoms with E-state index in [1.807, 2.05) is 0 Å². The maximum Gasteiger partial charge on any atom is 0.358 e. The summed E-state index contributed by atoms with van der Waals surface area (Å²) in [6.45, 7) is -0.0890. The van der Waals surface area contributed by atoms with Crippen LogP contribution in [0.1, 0.15) is 30.7 Å². The van der Waals surface area contributed by atoms with Gasteiger partial charge in [-0.25, -0.2) is 9.18 Å². The highest BCUT2D eigenvalue weighted by atomic mass is 19.1. The van der Waals surface area contributed by atoms with Gasteiger partial charge in [0.2, 0.25) is 6.79 Å². The smallest absolute Gasteiger partial charge is 0.358 e. The van der Waals surface area contributed by atoms with E-state index in [9.17, 15) is 23.9 Å². The Hall–Kier alpha value is -3.90. The SMILES string of the molecule is O=C1CC2(O)CC(=O)OC3(OC2=O)[C@@H](COc2ccc4c(c2)OCO4)[C@H](c2ccc(F)cc2)CCN3O1. The van der Waals surface area contributed by atoms with Gasteiger partial charge in [0.25, 0.3) is 0 Å². The number of carbonyl (C=O) groups excluding carboxylic acids is 3. The minimum absolute atomic E-state index is 0.0211. The van der Waals surface area contributed by atoms with E-state index in [2.05, 4.69) is 0 Å². The van der Waals surface area contributed by atoms with E-state index in [1.165, 1.54) is 12.1 Å². The molecule has 11 nitrogen and oxygen atoms in total. The van der Waals surface area contributed by atoms with Crippen molar-refractivity contribution in [2.24, 2.45) is 5.92 Å². The molecule has 37 heavy (non-hydrogen) atoms. The molecule has 1 N–H and O–H groups in total. The van der Waals surface area contributed by atoms with E-state index in [1.54, 1.807) is 30.3 Å². The van der Waals surface area contributed by atoms with Crippen LogP contribution < -0.4 is 14.2 Å². The van der Waals surface area contributed by atoms with E-state index >= 15 is 0 Å². The highest BCUT2D eigenvalue weighted by molar-refractivity contribution is 5.91. The summed E-state index contributed by atoms with van der Waals surface area (Å²) < 4.78 is 41.9. The molecule has 0 radical (unpaired) electrons. The minimum Gasteiger partial charge on any atom is -0.493 e. The Bertz CT molecular complexity index is 1270. The molecule has 1 spiro atoms. The number of benzene rings is 2. The topological polar surface area (TPSA) is 130 Å². The van der Waals surface area contributed by atoms with Crippen molar-refractivity contribution in [3.63, 3.8) is 0 Å². The van der Waals surface area contributed by atoms with Crippen molar-refractivity contribution >= 4 is 17.9 Å². The van der Waals surface area contributed by atoms with Gasteiger partial charge in [0.15, 0.2) is 17.1 Å². The Morgan fingerprint density at radius 3 is 2.57 bits per heavy atom. The molecule has 194 valence electrons. The molecule has 4 heterocycles. The predicted octanol–water partition coefficient (Wildman–Crippen LogP) is 1.78. The molecule has 4 atom stereocenters. The molecule has 0 amide bonds. The quantitative estimate of drug-likeness (QED) is 0.598. The molecule has 0 aromatic heterocycles. The van der Waals surface area contributed by atoms with Crippen molar-refractivity contribution in [3.8, 4) is 17.2 Å². The fourth-order valence-corrected chi connectivity index (χ4v) is 5.19. The Morgan fingerprint density at radius 2 is 1.76 bits per heavy atom. The van der Waals surface area contributed by atoms with Crippen molar-refractivity contribution < 1.29 is 52.4 Å². The minimum atomic E-state index is -2.44. The summed E-state index contributed by atoms with van der Waals surface area (Å²) >= 11 is 0. The van der Waals surface area contributed by atoms with Crippen molar-refractivity contribution in [1.82, 2.24) is 5.06 Å². The van der Waals surface area contributed by atoms with Crippen LogP contribution in [0, 0.1) is 11.7 Å². The van der Waals surface area contributed by atoms with Crippen molar-refractivity contribution in [1.29, 1.82) is 0 Å². The van der Waals surface area contributed by atoms with Gasteiger partial charge in [-0.1, -0.05) is 17.2 Å². The lowest BCUT2D eigenvalue weighted by atomic mass is 9.78. The molecule has 2 aromatic rings. The number of piperidine rings is 1.